The van der Waals surface area contributed by atoms with Gasteiger partial charge in [-0.1, -0.05) is 12.1 Å². The molecule has 0 saturated carbocycles. The van der Waals surface area contributed by atoms with Crippen molar-refractivity contribution >= 4 is 5.91 Å². The highest BCUT2D eigenvalue weighted by Gasteiger charge is 2.23. The Kier molecular flexibility index (Phi) is 4.91. The van der Waals surface area contributed by atoms with E-state index in [2.05, 4.69) is 0 Å². The number of hydrogen-bond donors (Lipinski definition) is 3. The largest absolute Gasteiger partial charge is 0.508 e. The maximum atomic E-state index is 12.0. The second-order valence-electron chi connectivity index (χ2n) is 5.48. The molecule has 5 nitrogen and oxygen atoms in total. The molecule has 1 atom stereocenters. The molecule has 0 fully saturated rings. The van der Waals surface area contributed by atoms with Gasteiger partial charge in [-0.3, -0.25) is 4.79 Å². The number of phenols is 1. The van der Waals surface area contributed by atoms with E-state index in [1.54, 1.807) is 45.2 Å². The monoisotopic (exact) mass is 266 g/mol. The molecular weight excluding hydrogens is 244 g/mol. The molecule has 1 amide bonds. The lowest BCUT2D eigenvalue weighted by Gasteiger charge is -2.27. The van der Waals surface area contributed by atoms with Crippen molar-refractivity contribution in [1.82, 2.24) is 4.90 Å². The minimum Gasteiger partial charge on any atom is -0.508 e. The topological polar surface area (TPSA) is 86.8 Å². The Hall–Kier alpha value is -1.59. The van der Waals surface area contributed by atoms with Crippen LogP contribution in [0.4, 0.5) is 0 Å². The van der Waals surface area contributed by atoms with E-state index in [9.17, 15) is 15.0 Å². The van der Waals surface area contributed by atoms with Gasteiger partial charge < -0.3 is 20.8 Å². The summed E-state index contributed by atoms with van der Waals surface area (Å²) < 4.78 is 0. The molecule has 5 heteroatoms. The smallest absolute Gasteiger partial charge is 0.239 e. The minimum absolute atomic E-state index is 0.183. The highest BCUT2D eigenvalue weighted by molar-refractivity contribution is 5.81. The first-order valence-electron chi connectivity index (χ1n) is 6.20. The van der Waals surface area contributed by atoms with Gasteiger partial charge in [-0.15, -0.1) is 0 Å². The Bertz CT molecular complexity index is 423. The van der Waals surface area contributed by atoms with Gasteiger partial charge in [0.2, 0.25) is 5.91 Å². The number of likely N-dealkylation sites (N-methyl/N-ethyl adjacent to an activating group) is 1. The SMILES string of the molecule is CN(CC(C)(C)O)C(=O)C(N)Cc1ccc(O)cc1. The van der Waals surface area contributed by atoms with Gasteiger partial charge in [0.05, 0.1) is 11.6 Å². The summed E-state index contributed by atoms with van der Waals surface area (Å²) in [4.78, 5) is 13.5. The Morgan fingerprint density at radius 2 is 1.89 bits per heavy atom. The van der Waals surface area contributed by atoms with Gasteiger partial charge in [0, 0.05) is 13.6 Å². The number of aromatic hydroxyl groups is 1. The minimum atomic E-state index is -0.942. The molecule has 0 radical (unpaired) electrons. The number of carbonyl (C=O) groups excluding carboxylic acids is 1. The maximum Gasteiger partial charge on any atom is 0.239 e. The zero-order valence-corrected chi connectivity index (χ0v) is 11.6. The predicted octanol–water partition coefficient (Wildman–Crippen LogP) is 0.491. The number of phenolic OH excluding ortho intramolecular Hbond substituents is 1. The highest BCUT2D eigenvalue weighted by Crippen LogP contribution is 2.12. The van der Waals surface area contributed by atoms with Crippen molar-refractivity contribution in [1.29, 1.82) is 0 Å². The molecular formula is C14H22N2O3. The quantitative estimate of drug-likeness (QED) is 0.724. The first-order valence-corrected chi connectivity index (χ1v) is 6.20. The first kappa shape index (κ1) is 15.5. The van der Waals surface area contributed by atoms with E-state index in [4.69, 9.17) is 5.73 Å². The van der Waals surface area contributed by atoms with Crippen molar-refractivity contribution in [2.24, 2.45) is 5.73 Å². The van der Waals surface area contributed by atoms with Crippen LogP contribution in [0.15, 0.2) is 24.3 Å². The highest BCUT2D eigenvalue weighted by atomic mass is 16.3. The number of benzene rings is 1. The fourth-order valence-corrected chi connectivity index (χ4v) is 1.91. The number of nitrogens with two attached hydrogens (primary N) is 1. The molecule has 19 heavy (non-hydrogen) atoms. The summed E-state index contributed by atoms with van der Waals surface area (Å²) in [5.41, 5.74) is 5.81. The summed E-state index contributed by atoms with van der Waals surface area (Å²) in [6, 6.07) is 5.94. The summed E-state index contributed by atoms with van der Waals surface area (Å²) in [6.07, 6.45) is 0.398. The molecule has 1 rings (SSSR count). The van der Waals surface area contributed by atoms with Gasteiger partial charge in [0.1, 0.15) is 5.75 Å². The number of amides is 1. The third-order valence-electron chi connectivity index (χ3n) is 2.71. The zero-order chi connectivity index (χ0) is 14.6. The van der Waals surface area contributed by atoms with Crippen LogP contribution in [0.5, 0.6) is 5.75 Å². The van der Waals surface area contributed by atoms with Crippen molar-refractivity contribution < 1.29 is 15.0 Å². The molecule has 0 aliphatic carbocycles. The van der Waals surface area contributed by atoms with Crippen LogP contribution in [0.25, 0.3) is 0 Å². The van der Waals surface area contributed by atoms with Crippen LogP contribution in [0, 0.1) is 0 Å². The first-order chi connectivity index (χ1) is 8.69. The molecule has 0 aliphatic heterocycles. The molecule has 4 N–H and O–H groups in total. The van der Waals surface area contributed by atoms with Crippen LogP contribution in [0.2, 0.25) is 0 Å². The fraction of sp³-hybridized carbons (Fsp3) is 0.500. The molecule has 0 bridgehead atoms. The predicted molar refractivity (Wildman–Crippen MR) is 73.7 cm³/mol. The van der Waals surface area contributed by atoms with Crippen molar-refractivity contribution in [2.75, 3.05) is 13.6 Å². The standard InChI is InChI=1S/C14H22N2O3/c1-14(2,19)9-16(3)13(18)12(15)8-10-4-6-11(17)7-5-10/h4-7,12,17,19H,8-9,15H2,1-3H3. The van der Waals surface area contributed by atoms with Crippen molar-refractivity contribution in [3.05, 3.63) is 29.8 Å². The molecule has 106 valence electrons. The summed E-state index contributed by atoms with van der Waals surface area (Å²) in [5.74, 6) is -0.0296. The number of hydrogen-bond acceptors (Lipinski definition) is 4. The number of nitrogens with zero attached hydrogens (tertiary/aromatic N) is 1. The van der Waals surface area contributed by atoms with Crippen LogP contribution in [0.3, 0.4) is 0 Å². The van der Waals surface area contributed by atoms with E-state index in [1.807, 2.05) is 0 Å². The molecule has 1 aromatic rings. The van der Waals surface area contributed by atoms with Gasteiger partial charge in [-0.2, -0.15) is 0 Å². The lowest BCUT2D eigenvalue weighted by molar-refractivity contribution is -0.133. The Labute approximate surface area is 113 Å². The second-order valence-corrected chi connectivity index (χ2v) is 5.48. The Balaban J connectivity index is 2.59. The molecule has 0 saturated heterocycles. The van der Waals surface area contributed by atoms with Gasteiger partial charge in [-0.25, -0.2) is 0 Å². The molecule has 0 aliphatic rings. The van der Waals surface area contributed by atoms with E-state index in [0.717, 1.165) is 5.56 Å². The van der Waals surface area contributed by atoms with Gasteiger partial charge in [0.25, 0.3) is 0 Å². The van der Waals surface area contributed by atoms with Crippen molar-refractivity contribution in [3.63, 3.8) is 0 Å². The summed E-state index contributed by atoms with van der Waals surface area (Å²) in [7, 11) is 1.62. The Morgan fingerprint density at radius 3 is 2.37 bits per heavy atom. The van der Waals surface area contributed by atoms with E-state index >= 15 is 0 Å². The van der Waals surface area contributed by atoms with Crippen LogP contribution in [-0.4, -0.2) is 46.3 Å². The van der Waals surface area contributed by atoms with Crippen LogP contribution in [-0.2, 0) is 11.2 Å². The number of carbonyl (C=O) groups is 1. The van der Waals surface area contributed by atoms with Gasteiger partial charge in [-0.05, 0) is 38.0 Å². The molecule has 0 heterocycles. The molecule has 1 unspecified atom stereocenters. The van der Waals surface area contributed by atoms with Crippen LogP contribution >= 0.6 is 0 Å². The number of aliphatic hydroxyl groups is 1. The van der Waals surface area contributed by atoms with Gasteiger partial charge >= 0.3 is 0 Å². The average Bonchev–Trinajstić information content (AvgIpc) is 2.28. The normalized spacial score (nSPS) is 13.1. The summed E-state index contributed by atoms with van der Waals surface area (Å²) in [5, 5.41) is 18.9. The van der Waals surface area contributed by atoms with Crippen LogP contribution < -0.4 is 5.73 Å². The fourth-order valence-electron chi connectivity index (χ4n) is 1.91. The van der Waals surface area contributed by atoms with Gasteiger partial charge in [0.15, 0.2) is 0 Å². The Morgan fingerprint density at radius 1 is 1.37 bits per heavy atom. The lowest BCUT2D eigenvalue weighted by atomic mass is 10.0. The van der Waals surface area contributed by atoms with Crippen molar-refractivity contribution in [3.8, 4) is 5.75 Å². The van der Waals surface area contributed by atoms with E-state index in [0.29, 0.717) is 6.42 Å². The summed E-state index contributed by atoms with van der Waals surface area (Å²) in [6.45, 7) is 3.51. The third kappa shape index (κ3) is 5.28. The van der Waals surface area contributed by atoms with Crippen LogP contribution in [0.1, 0.15) is 19.4 Å². The molecule has 0 spiro atoms. The molecule has 1 aromatic carbocycles. The second kappa shape index (κ2) is 6.04. The lowest BCUT2D eigenvalue weighted by Crippen LogP contribution is -2.47. The average molecular weight is 266 g/mol. The third-order valence-corrected chi connectivity index (χ3v) is 2.71. The van der Waals surface area contributed by atoms with E-state index < -0.39 is 11.6 Å². The van der Waals surface area contributed by atoms with E-state index in [-0.39, 0.29) is 18.2 Å². The maximum absolute atomic E-state index is 12.0. The van der Waals surface area contributed by atoms with Crippen molar-refractivity contribution in [2.45, 2.75) is 31.9 Å². The number of rotatable bonds is 5. The molecule has 0 aromatic heterocycles. The zero-order valence-electron chi connectivity index (χ0n) is 11.6. The van der Waals surface area contributed by atoms with E-state index in [1.165, 1.54) is 4.90 Å². The summed E-state index contributed by atoms with van der Waals surface area (Å²) >= 11 is 0.